The lowest BCUT2D eigenvalue weighted by Gasteiger charge is -2.36. The molecular formula is C46H40N2O. The molecule has 6 aromatic carbocycles. The van der Waals surface area contributed by atoms with Gasteiger partial charge < -0.3 is 9.13 Å². The van der Waals surface area contributed by atoms with Crippen molar-refractivity contribution in [1.82, 2.24) is 9.13 Å². The summed E-state index contributed by atoms with van der Waals surface area (Å²) in [6.45, 7) is 6.56. The average molecular weight is 637 g/mol. The Morgan fingerprint density at radius 1 is 0.653 bits per heavy atom. The summed E-state index contributed by atoms with van der Waals surface area (Å²) in [5.74, 6) is 0.155. The summed E-state index contributed by atoms with van der Waals surface area (Å²) in [7, 11) is 0. The van der Waals surface area contributed by atoms with E-state index in [2.05, 4.69) is 145 Å². The van der Waals surface area contributed by atoms with E-state index in [-0.39, 0.29) is 11.8 Å². The fourth-order valence-corrected chi connectivity index (χ4v) is 8.00. The number of allylic oxidation sites excluding steroid dienone is 1. The topological polar surface area (TPSA) is 26.9 Å². The molecule has 0 aliphatic rings. The van der Waals surface area contributed by atoms with Gasteiger partial charge in [0.25, 0.3) is 0 Å². The third-order valence-electron chi connectivity index (χ3n) is 10.7. The van der Waals surface area contributed by atoms with Crippen molar-refractivity contribution in [3.8, 4) is 16.8 Å². The van der Waals surface area contributed by atoms with Gasteiger partial charge in [0.15, 0.2) is 5.78 Å². The first-order chi connectivity index (χ1) is 24.0. The number of benzene rings is 6. The van der Waals surface area contributed by atoms with Crippen LogP contribution in [-0.4, -0.2) is 14.9 Å². The van der Waals surface area contributed by atoms with Crippen molar-refractivity contribution in [3.05, 3.63) is 157 Å². The summed E-state index contributed by atoms with van der Waals surface area (Å²) in [4.78, 5) is 14.4. The van der Waals surface area contributed by atoms with Crippen molar-refractivity contribution in [1.29, 1.82) is 0 Å². The lowest BCUT2D eigenvalue weighted by atomic mass is 9.74. The van der Waals surface area contributed by atoms with Crippen LogP contribution in [0.3, 0.4) is 0 Å². The van der Waals surface area contributed by atoms with E-state index in [1.165, 1.54) is 43.7 Å². The van der Waals surface area contributed by atoms with Gasteiger partial charge in [-0.15, -0.1) is 0 Å². The monoisotopic (exact) mass is 636 g/mol. The number of para-hydroxylation sites is 2. The molecule has 0 amide bonds. The molecule has 0 bridgehead atoms. The highest BCUT2D eigenvalue weighted by atomic mass is 16.1. The smallest absolute Gasteiger partial charge is 0.163 e. The standard InChI is InChI=1S/C46H40N2O/c1-4-42(46(3,5-2)43(49)30-25-32-17-9-6-10-18-32)48-39-24-16-15-23-36(39)37-27-29-41-44(45(37)48)38-31-34(33-19-11-7-12-20-33)26-28-40(38)47(41)35-21-13-8-14-22-35/h6-31,42H,4-5H2,1-3H3. The van der Waals surface area contributed by atoms with Crippen molar-refractivity contribution in [2.45, 2.75) is 39.7 Å². The van der Waals surface area contributed by atoms with Crippen LogP contribution in [0.2, 0.25) is 0 Å². The molecule has 3 nitrogen and oxygen atoms in total. The van der Waals surface area contributed by atoms with Gasteiger partial charge in [0.2, 0.25) is 0 Å². The zero-order chi connectivity index (χ0) is 33.5. The molecule has 3 heteroatoms. The summed E-state index contributed by atoms with van der Waals surface area (Å²) in [5, 5.41) is 4.85. The third-order valence-corrected chi connectivity index (χ3v) is 10.7. The highest BCUT2D eigenvalue weighted by Crippen LogP contribution is 2.47. The molecule has 0 fully saturated rings. The third kappa shape index (κ3) is 5.00. The molecule has 8 aromatic rings. The van der Waals surface area contributed by atoms with Crippen LogP contribution in [0.4, 0.5) is 0 Å². The fourth-order valence-electron chi connectivity index (χ4n) is 8.00. The largest absolute Gasteiger partial charge is 0.336 e. The molecule has 2 atom stereocenters. The lowest BCUT2D eigenvalue weighted by Crippen LogP contribution is -2.36. The number of carbonyl (C=O) groups is 1. The summed E-state index contributed by atoms with van der Waals surface area (Å²) in [6.07, 6.45) is 5.30. The number of aromatic nitrogens is 2. The summed E-state index contributed by atoms with van der Waals surface area (Å²) in [5.41, 5.74) is 8.58. The van der Waals surface area contributed by atoms with Gasteiger partial charge >= 0.3 is 0 Å². The summed E-state index contributed by atoms with van der Waals surface area (Å²) in [6, 6.07) is 51.5. The first-order valence-electron chi connectivity index (χ1n) is 17.4. The van der Waals surface area contributed by atoms with Crippen molar-refractivity contribution in [3.63, 3.8) is 0 Å². The van der Waals surface area contributed by atoms with E-state index in [9.17, 15) is 4.79 Å². The highest BCUT2D eigenvalue weighted by Gasteiger charge is 2.40. The Bertz CT molecular complexity index is 2490. The number of nitrogens with zero attached hydrogens (tertiary/aromatic N) is 2. The van der Waals surface area contributed by atoms with Gasteiger partial charge in [0.1, 0.15) is 0 Å². The van der Waals surface area contributed by atoms with Gasteiger partial charge in [0, 0.05) is 38.8 Å². The minimum atomic E-state index is -0.635. The predicted octanol–water partition coefficient (Wildman–Crippen LogP) is 12.2. The van der Waals surface area contributed by atoms with Gasteiger partial charge in [-0.1, -0.05) is 136 Å². The molecule has 0 saturated carbocycles. The molecular weight excluding hydrogens is 597 g/mol. The first-order valence-corrected chi connectivity index (χ1v) is 17.4. The molecule has 49 heavy (non-hydrogen) atoms. The minimum absolute atomic E-state index is 0.0779. The Kier molecular flexibility index (Phi) is 7.76. The van der Waals surface area contributed by atoms with E-state index in [1.807, 2.05) is 36.4 Å². The van der Waals surface area contributed by atoms with Crippen molar-refractivity contribution >= 4 is 55.5 Å². The van der Waals surface area contributed by atoms with Crippen LogP contribution in [-0.2, 0) is 4.79 Å². The summed E-state index contributed by atoms with van der Waals surface area (Å²) >= 11 is 0. The van der Waals surface area contributed by atoms with Gasteiger partial charge in [-0.05, 0) is 72.0 Å². The van der Waals surface area contributed by atoms with Crippen LogP contribution in [0.15, 0.2) is 152 Å². The van der Waals surface area contributed by atoms with Gasteiger partial charge in [-0.25, -0.2) is 0 Å². The molecule has 0 N–H and O–H groups in total. The Morgan fingerprint density at radius 3 is 2.02 bits per heavy atom. The van der Waals surface area contributed by atoms with Crippen molar-refractivity contribution in [2.75, 3.05) is 0 Å². The Balaban J connectivity index is 1.46. The second kappa shape index (κ2) is 12.4. The second-order valence-corrected chi connectivity index (χ2v) is 13.3. The van der Waals surface area contributed by atoms with Crippen LogP contribution >= 0.6 is 0 Å². The minimum Gasteiger partial charge on any atom is -0.336 e. The van der Waals surface area contributed by atoms with Crippen LogP contribution in [0.1, 0.15) is 45.2 Å². The lowest BCUT2D eigenvalue weighted by molar-refractivity contribution is -0.125. The molecule has 240 valence electrons. The normalized spacial score (nSPS) is 13.9. The van der Waals surface area contributed by atoms with Crippen molar-refractivity contribution in [2.24, 2.45) is 5.41 Å². The maximum atomic E-state index is 14.4. The summed E-state index contributed by atoms with van der Waals surface area (Å²) < 4.78 is 4.92. The molecule has 0 spiro atoms. The zero-order valence-corrected chi connectivity index (χ0v) is 28.3. The molecule has 0 radical (unpaired) electrons. The Hall–Kier alpha value is -5.67. The highest BCUT2D eigenvalue weighted by molar-refractivity contribution is 6.26. The number of hydrogen-bond donors (Lipinski definition) is 0. The van der Waals surface area contributed by atoms with Crippen molar-refractivity contribution < 1.29 is 4.79 Å². The van der Waals surface area contributed by atoms with Gasteiger partial charge in [-0.3, -0.25) is 4.79 Å². The number of ketones is 1. The molecule has 2 unspecified atom stereocenters. The molecule has 0 aliphatic carbocycles. The maximum absolute atomic E-state index is 14.4. The first kappa shape index (κ1) is 30.7. The average Bonchev–Trinajstić information content (AvgIpc) is 3.67. The number of fused-ring (bicyclic) bond motifs is 7. The Morgan fingerprint density at radius 2 is 1.31 bits per heavy atom. The van der Waals surface area contributed by atoms with Crippen LogP contribution in [0.5, 0.6) is 0 Å². The van der Waals surface area contributed by atoms with Crippen LogP contribution < -0.4 is 0 Å². The number of hydrogen-bond acceptors (Lipinski definition) is 1. The molecule has 2 aromatic heterocycles. The van der Waals surface area contributed by atoms with E-state index in [1.54, 1.807) is 6.08 Å². The quantitative estimate of drug-likeness (QED) is 0.145. The van der Waals surface area contributed by atoms with Gasteiger partial charge in [0.05, 0.1) is 22.0 Å². The molecule has 0 saturated heterocycles. The predicted molar refractivity (Wildman–Crippen MR) is 207 cm³/mol. The molecule has 0 aliphatic heterocycles. The second-order valence-electron chi connectivity index (χ2n) is 13.3. The zero-order valence-electron chi connectivity index (χ0n) is 28.3. The molecule has 8 rings (SSSR count). The number of rotatable bonds is 9. The maximum Gasteiger partial charge on any atom is 0.163 e. The van der Waals surface area contributed by atoms with E-state index >= 15 is 0 Å². The Labute approximate surface area is 287 Å². The van der Waals surface area contributed by atoms with E-state index in [0.717, 1.165) is 35.1 Å². The SMILES string of the molecule is CCC(n1c2ccccc2c2ccc3c(c4cc(-c5ccccc5)ccc4n3-c3ccccc3)c21)C(C)(CC)C(=O)C=Cc1ccccc1. The number of carbonyl (C=O) groups excluding carboxylic acids is 1. The van der Waals surface area contributed by atoms with Crippen LogP contribution in [0, 0.1) is 5.41 Å². The fraction of sp³-hybridized carbons (Fsp3) is 0.152. The van der Waals surface area contributed by atoms with E-state index in [4.69, 9.17) is 0 Å². The van der Waals surface area contributed by atoms with E-state index < -0.39 is 5.41 Å². The van der Waals surface area contributed by atoms with E-state index in [0.29, 0.717) is 0 Å². The van der Waals surface area contributed by atoms with Gasteiger partial charge in [-0.2, -0.15) is 0 Å². The molecule has 2 heterocycles. The van der Waals surface area contributed by atoms with Crippen LogP contribution in [0.25, 0.3) is 66.5 Å².